The molecule has 2 rings (SSSR count). The van der Waals surface area contributed by atoms with E-state index in [1.165, 1.54) is 6.07 Å². The van der Waals surface area contributed by atoms with Crippen molar-refractivity contribution < 1.29 is 18.3 Å². The zero-order chi connectivity index (χ0) is 15.2. The van der Waals surface area contributed by atoms with Crippen molar-refractivity contribution >= 4 is 0 Å². The molecule has 1 aromatic rings. The van der Waals surface area contributed by atoms with E-state index in [0.717, 1.165) is 38.0 Å². The highest BCUT2D eigenvalue weighted by Crippen LogP contribution is 2.30. The molecular weight excluding hydrogens is 278 g/mol. The lowest BCUT2D eigenvalue weighted by Crippen LogP contribution is -2.42. The van der Waals surface area contributed by atoms with Gasteiger partial charge < -0.3 is 15.2 Å². The van der Waals surface area contributed by atoms with Gasteiger partial charge in [-0.05, 0) is 44.0 Å². The molecule has 1 heterocycles. The summed E-state index contributed by atoms with van der Waals surface area (Å²) in [6, 6.07) is 5.31. The Hall–Kier alpha value is -1.40. The molecule has 1 fully saturated rings. The Kier molecular flexibility index (Phi) is 5.76. The summed E-state index contributed by atoms with van der Waals surface area (Å²) in [6.07, 6.45) is 2.15. The smallest absolute Gasteiger partial charge is 0.387 e. The van der Waals surface area contributed by atoms with Crippen LogP contribution in [0, 0.1) is 0 Å². The van der Waals surface area contributed by atoms with Crippen LogP contribution in [0.4, 0.5) is 8.78 Å². The van der Waals surface area contributed by atoms with E-state index >= 15 is 0 Å². The van der Waals surface area contributed by atoms with Gasteiger partial charge in [-0.3, -0.25) is 4.90 Å². The van der Waals surface area contributed by atoms with Crippen LogP contribution in [0.5, 0.6) is 11.5 Å². The van der Waals surface area contributed by atoms with E-state index in [0.29, 0.717) is 12.4 Å². The molecular formula is C15H22F2N2O2. The van der Waals surface area contributed by atoms with Gasteiger partial charge in [0.05, 0.1) is 6.61 Å². The molecule has 21 heavy (non-hydrogen) atoms. The molecule has 0 radical (unpaired) electrons. The van der Waals surface area contributed by atoms with Crippen LogP contribution in [0.15, 0.2) is 18.2 Å². The van der Waals surface area contributed by atoms with Crippen LogP contribution in [0.3, 0.4) is 0 Å². The molecule has 0 amide bonds. The highest BCUT2D eigenvalue weighted by Gasteiger charge is 2.18. The van der Waals surface area contributed by atoms with Crippen LogP contribution in [0.25, 0.3) is 0 Å². The van der Waals surface area contributed by atoms with Crippen molar-refractivity contribution in [2.75, 3.05) is 19.7 Å². The zero-order valence-electron chi connectivity index (χ0n) is 12.2. The molecule has 0 spiro atoms. The van der Waals surface area contributed by atoms with Crippen molar-refractivity contribution in [1.29, 1.82) is 0 Å². The number of piperidine rings is 1. The minimum absolute atomic E-state index is 0.0749. The summed E-state index contributed by atoms with van der Waals surface area (Å²) in [5.41, 5.74) is 6.97. The summed E-state index contributed by atoms with van der Waals surface area (Å²) in [6.45, 7) is 1.96. The third-order valence-electron chi connectivity index (χ3n) is 3.47. The fraction of sp³-hybridized carbons (Fsp3) is 0.600. The van der Waals surface area contributed by atoms with E-state index in [1.807, 2.05) is 6.92 Å². The lowest BCUT2D eigenvalue weighted by atomic mass is 10.1. The van der Waals surface area contributed by atoms with Crippen molar-refractivity contribution in [2.45, 2.75) is 39.0 Å². The molecule has 0 saturated carbocycles. The number of halogens is 2. The largest absolute Gasteiger partial charge is 0.490 e. The van der Waals surface area contributed by atoms with Gasteiger partial charge in [0, 0.05) is 19.1 Å². The number of nitrogens with zero attached hydrogens (tertiary/aromatic N) is 1. The second-order valence-electron chi connectivity index (χ2n) is 5.23. The number of nitrogens with two attached hydrogens (primary N) is 1. The normalized spacial score (nSPS) is 19.8. The Bertz CT molecular complexity index is 457. The van der Waals surface area contributed by atoms with Crippen LogP contribution in [0.1, 0.15) is 25.3 Å². The molecule has 0 bridgehead atoms. The molecule has 0 aromatic heterocycles. The molecule has 1 unspecified atom stereocenters. The van der Waals surface area contributed by atoms with Crippen LogP contribution in [-0.4, -0.2) is 37.2 Å². The number of alkyl halides is 2. The van der Waals surface area contributed by atoms with Crippen molar-refractivity contribution in [3.8, 4) is 11.5 Å². The molecule has 2 N–H and O–H groups in total. The fourth-order valence-corrected chi connectivity index (χ4v) is 2.61. The van der Waals surface area contributed by atoms with Crippen LogP contribution < -0.4 is 15.2 Å². The summed E-state index contributed by atoms with van der Waals surface area (Å²) in [4.78, 5) is 2.27. The SMILES string of the molecule is CCOc1cc(CN2CCCC(N)C2)ccc1OC(F)F. The van der Waals surface area contributed by atoms with E-state index in [1.54, 1.807) is 12.1 Å². The molecule has 0 aliphatic carbocycles. The summed E-state index contributed by atoms with van der Waals surface area (Å²) >= 11 is 0. The van der Waals surface area contributed by atoms with Gasteiger partial charge in [-0.2, -0.15) is 8.78 Å². The van der Waals surface area contributed by atoms with Crippen molar-refractivity contribution in [3.63, 3.8) is 0 Å². The lowest BCUT2D eigenvalue weighted by Gasteiger charge is -2.30. The van der Waals surface area contributed by atoms with E-state index in [2.05, 4.69) is 9.64 Å². The summed E-state index contributed by atoms with van der Waals surface area (Å²) in [7, 11) is 0. The summed E-state index contributed by atoms with van der Waals surface area (Å²) < 4.78 is 34.6. The fourth-order valence-electron chi connectivity index (χ4n) is 2.61. The third kappa shape index (κ3) is 4.82. The average molecular weight is 300 g/mol. The van der Waals surface area contributed by atoms with E-state index in [-0.39, 0.29) is 11.8 Å². The lowest BCUT2D eigenvalue weighted by molar-refractivity contribution is -0.0514. The summed E-state index contributed by atoms with van der Waals surface area (Å²) in [5.74, 6) is 0.433. The standard InChI is InChI=1S/C15H22F2N2O2/c1-2-20-14-8-11(5-6-13(14)21-15(16)17)9-19-7-3-4-12(18)10-19/h5-6,8,12,15H,2-4,7,9-10,18H2,1H3. The van der Waals surface area contributed by atoms with Crippen LogP contribution in [-0.2, 0) is 6.54 Å². The van der Waals surface area contributed by atoms with Gasteiger partial charge in [0.2, 0.25) is 0 Å². The Labute approximate surface area is 123 Å². The Morgan fingerprint density at radius 2 is 2.19 bits per heavy atom. The van der Waals surface area contributed by atoms with Gasteiger partial charge in [-0.25, -0.2) is 0 Å². The van der Waals surface area contributed by atoms with E-state index in [9.17, 15) is 8.78 Å². The Morgan fingerprint density at radius 3 is 2.86 bits per heavy atom. The van der Waals surface area contributed by atoms with Gasteiger partial charge in [0.25, 0.3) is 0 Å². The Morgan fingerprint density at radius 1 is 1.38 bits per heavy atom. The van der Waals surface area contributed by atoms with Crippen molar-refractivity contribution in [3.05, 3.63) is 23.8 Å². The average Bonchev–Trinajstić information content (AvgIpc) is 2.41. The third-order valence-corrected chi connectivity index (χ3v) is 3.47. The van der Waals surface area contributed by atoms with Gasteiger partial charge >= 0.3 is 6.61 Å². The van der Waals surface area contributed by atoms with Gasteiger partial charge in [0.1, 0.15) is 0 Å². The maximum Gasteiger partial charge on any atom is 0.387 e. The molecule has 6 heteroatoms. The van der Waals surface area contributed by atoms with Crippen molar-refractivity contribution in [1.82, 2.24) is 4.90 Å². The number of ether oxygens (including phenoxy) is 2. The molecule has 4 nitrogen and oxygen atoms in total. The number of rotatable bonds is 6. The molecule has 1 saturated heterocycles. The van der Waals surface area contributed by atoms with Gasteiger partial charge in [-0.15, -0.1) is 0 Å². The molecule has 1 aromatic carbocycles. The van der Waals surface area contributed by atoms with Crippen molar-refractivity contribution in [2.24, 2.45) is 5.73 Å². The highest BCUT2D eigenvalue weighted by molar-refractivity contribution is 5.43. The first-order valence-electron chi connectivity index (χ1n) is 7.27. The Balaban J connectivity index is 2.07. The number of likely N-dealkylation sites (tertiary alicyclic amines) is 1. The molecule has 1 aliphatic heterocycles. The second kappa shape index (κ2) is 7.56. The van der Waals surface area contributed by atoms with Gasteiger partial charge in [-0.1, -0.05) is 6.07 Å². The molecule has 1 aliphatic rings. The summed E-state index contributed by atoms with van der Waals surface area (Å²) in [5, 5.41) is 0. The maximum absolute atomic E-state index is 12.4. The maximum atomic E-state index is 12.4. The topological polar surface area (TPSA) is 47.7 Å². The monoisotopic (exact) mass is 300 g/mol. The number of benzene rings is 1. The first-order chi connectivity index (χ1) is 10.1. The molecule has 118 valence electrons. The van der Waals surface area contributed by atoms with Crippen LogP contribution >= 0.6 is 0 Å². The zero-order valence-corrected chi connectivity index (χ0v) is 12.2. The number of hydrogen-bond donors (Lipinski definition) is 1. The predicted octanol–water partition coefficient (Wildman–Crippen LogP) is 2.61. The minimum atomic E-state index is -2.85. The van der Waals surface area contributed by atoms with Crippen LogP contribution in [0.2, 0.25) is 0 Å². The van der Waals surface area contributed by atoms with E-state index < -0.39 is 6.61 Å². The number of hydrogen-bond acceptors (Lipinski definition) is 4. The second-order valence-corrected chi connectivity index (χ2v) is 5.23. The minimum Gasteiger partial charge on any atom is -0.490 e. The van der Waals surface area contributed by atoms with E-state index in [4.69, 9.17) is 10.5 Å². The predicted molar refractivity (Wildman–Crippen MR) is 76.7 cm³/mol. The first kappa shape index (κ1) is 16.0. The molecule has 1 atom stereocenters. The quantitative estimate of drug-likeness (QED) is 0.877. The highest BCUT2D eigenvalue weighted by atomic mass is 19.3. The van der Waals surface area contributed by atoms with Gasteiger partial charge in [0.15, 0.2) is 11.5 Å². The first-order valence-corrected chi connectivity index (χ1v) is 7.27.